The van der Waals surface area contributed by atoms with Crippen LogP contribution >= 0.6 is 0 Å². The Kier molecular flexibility index (Phi) is 3.83. The molecule has 1 aliphatic heterocycles. The van der Waals surface area contributed by atoms with Crippen molar-refractivity contribution in [2.24, 2.45) is 0 Å². The molecule has 3 heteroatoms. The highest BCUT2D eigenvalue weighted by Crippen LogP contribution is 2.27. The minimum absolute atomic E-state index is 0.0630. The van der Waals surface area contributed by atoms with E-state index in [1.54, 1.807) is 6.08 Å². The van der Waals surface area contributed by atoms with Gasteiger partial charge < -0.3 is 9.53 Å². The third kappa shape index (κ3) is 2.68. The molecule has 0 radical (unpaired) electrons. The molecule has 0 N–H and O–H groups in total. The molecule has 1 aliphatic rings. The van der Waals surface area contributed by atoms with Crippen molar-refractivity contribution < 1.29 is 14.3 Å². The summed E-state index contributed by atoms with van der Waals surface area (Å²) in [6, 6.07) is 9.55. The molecule has 3 nitrogen and oxygen atoms in total. The van der Waals surface area contributed by atoms with Gasteiger partial charge in [-0.05, 0) is 11.6 Å². The van der Waals surface area contributed by atoms with E-state index in [4.69, 9.17) is 4.74 Å². The van der Waals surface area contributed by atoms with Gasteiger partial charge in [-0.2, -0.15) is 0 Å². The van der Waals surface area contributed by atoms with Crippen LogP contribution in [-0.2, 0) is 14.3 Å². The van der Waals surface area contributed by atoms with Gasteiger partial charge in [0.1, 0.15) is 12.4 Å². The van der Waals surface area contributed by atoms with Crippen molar-refractivity contribution in [3.63, 3.8) is 0 Å². The molecule has 1 heterocycles. The molecular formula is C14H14O3. The van der Waals surface area contributed by atoms with Crippen LogP contribution < -0.4 is 0 Å². The number of ketones is 1. The lowest BCUT2D eigenvalue weighted by molar-refractivity contribution is -0.128. The van der Waals surface area contributed by atoms with Gasteiger partial charge in [-0.3, -0.25) is 4.79 Å². The topological polar surface area (TPSA) is 43.4 Å². The van der Waals surface area contributed by atoms with E-state index in [0.29, 0.717) is 13.0 Å². The van der Waals surface area contributed by atoms with Crippen LogP contribution in [0.25, 0.3) is 0 Å². The fourth-order valence-electron chi connectivity index (χ4n) is 2.05. The smallest absolute Gasteiger partial charge is 0.184 e. The molecule has 2 rings (SSSR count). The molecule has 0 fully saturated rings. The Morgan fingerprint density at radius 2 is 2.12 bits per heavy atom. The first-order valence-electron chi connectivity index (χ1n) is 5.63. The highest BCUT2D eigenvalue weighted by atomic mass is 16.5. The second-order valence-electron chi connectivity index (χ2n) is 3.98. The lowest BCUT2D eigenvalue weighted by Crippen LogP contribution is -2.33. The van der Waals surface area contributed by atoms with Crippen LogP contribution in [0.2, 0.25) is 0 Å². The lowest BCUT2D eigenvalue weighted by Gasteiger charge is -2.26. The van der Waals surface area contributed by atoms with Gasteiger partial charge in [0.25, 0.3) is 0 Å². The molecule has 1 aromatic carbocycles. The van der Waals surface area contributed by atoms with Crippen molar-refractivity contribution in [3.05, 3.63) is 48.0 Å². The number of carbonyl (C=O) groups excluding carboxylic acids is 2. The first kappa shape index (κ1) is 11.7. The third-order valence-electron chi connectivity index (χ3n) is 2.88. The van der Waals surface area contributed by atoms with E-state index in [9.17, 15) is 9.59 Å². The van der Waals surface area contributed by atoms with Gasteiger partial charge in [-0.15, -0.1) is 0 Å². The van der Waals surface area contributed by atoms with E-state index in [-0.39, 0.29) is 11.7 Å². The van der Waals surface area contributed by atoms with Crippen LogP contribution in [0.1, 0.15) is 17.9 Å². The summed E-state index contributed by atoms with van der Waals surface area (Å²) >= 11 is 0. The summed E-state index contributed by atoms with van der Waals surface area (Å²) in [5.74, 6) is -0.252. The van der Waals surface area contributed by atoms with Gasteiger partial charge >= 0.3 is 0 Å². The quantitative estimate of drug-likeness (QED) is 0.742. The number of rotatable bonds is 4. The molecule has 0 saturated heterocycles. The summed E-state index contributed by atoms with van der Waals surface area (Å²) in [5, 5.41) is 0. The Labute approximate surface area is 100 Å². The largest absolute Gasteiger partial charge is 0.365 e. The molecule has 0 saturated carbocycles. The van der Waals surface area contributed by atoms with Crippen LogP contribution in [0.15, 0.2) is 42.5 Å². The Bertz CT molecular complexity index is 422. The first-order chi connectivity index (χ1) is 8.33. The second kappa shape index (κ2) is 5.55. The SMILES string of the molecule is O=CC[C@@H](c1ccccc1)[C@@H]1OCC=CC1=O. The zero-order chi connectivity index (χ0) is 12.1. The van der Waals surface area contributed by atoms with Gasteiger partial charge in [0.05, 0.1) is 6.61 Å². The van der Waals surface area contributed by atoms with Crippen molar-refractivity contribution in [2.75, 3.05) is 6.61 Å². The predicted octanol–water partition coefficient (Wildman–Crippen LogP) is 1.88. The van der Waals surface area contributed by atoms with E-state index in [1.165, 1.54) is 6.08 Å². The second-order valence-corrected chi connectivity index (χ2v) is 3.98. The van der Waals surface area contributed by atoms with Gasteiger partial charge in [-0.25, -0.2) is 0 Å². The monoisotopic (exact) mass is 230 g/mol. The van der Waals surface area contributed by atoms with Crippen LogP contribution in [0, 0.1) is 0 Å². The lowest BCUT2D eigenvalue weighted by atomic mass is 9.88. The van der Waals surface area contributed by atoms with Crippen molar-refractivity contribution >= 4 is 12.1 Å². The molecule has 1 aromatic rings. The van der Waals surface area contributed by atoms with Crippen molar-refractivity contribution in [1.29, 1.82) is 0 Å². The van der Waals surface area contributed by atoms with Gasteiger partial charge in [0.2, 0.25) is 0 Å². The van der Waals surface area contributed by atoms with E-state index >= 15 is 0 Å². The number of aldehydes is 1. The minimum Gasteiger partial charge on any atom is -0.365 e. The average molecular weight is 230 g/mol. The zero-order valence-corrected chi connectivity index (χ0v) is 9.41. The molecule has 0 aromatic heterocycles. The van der Waals surface area contributed by atoms with E-state index in [2.05, 4.69) is 0 Å². The molecule has 0 aliphatic carbocycles. The summed E-state index contributed by atoms with van der Waals surface area (Å²) in [6.45, 7) is 0.429. The maximum Gasteiger partial charge on any atom is 0.184 e. The van der Waals surface area contributed by atoms with Crippen LogP contribution in [0.3, 0.4) is 0 Å². The number of benzene rings is 1. The molecule has 2 atom stereocenters. The van der Waals surface area contributed by atoms with Crippen molar-refractivity contribution in [2.45, 2.75) is 18.4 Å². The molecular weight excluding hydrogens is 216 g/mol. The van der Waals surface area contributed by atoms with E-state index in [0.717, 1.165) is 11.8 Å². The molecule has 0 amide bonds. The summed E-state index contributed by atoms with van der Waals surface area (Å²) < 4.78 is 5.46. The number of carbonyl (C=O) groups is 2. The summed E-state index contributed by atoms with van der Waals surface area (Å²) in [6.07, 6.45) is 3.84. The minimum atomic E-state index is -0.535. The molecule has 0 bridgehead atoms. The van der Waals surface area contributed by atoms with E-state index < -0.39 is 6.10 Å². The first-order valence-corrected chi connectivity index (χ1v) is 5.63. The number of hydrogen-bond acceptors (Lipinski definition) is 3. The Hall–Kier alpha value is -1.74. The zero-order valence-electron chi connectivity index (χ0n) is 9.41. The van der Waals surface area contributed by atoms with Crippen LogP contribution in [-0.4, -0.2) is 24.8 Å². The van der Waals surface area contributed by atoms with Gasteiger partial charge in [0.15, 0.2) is 5.78 Å². The normalized spacial score (nSPS) is 21.2. The Morgan fingerprint density at radius 3 is 2.76 bits per heavy atom. The van der Waals surface area contributed by atoms with E-state index in [1.807, 2.05) is 30.3 Å². The average Bonchev–Trinajstić information content (AvgIpc) is 2.38. The maximum atomic E-state index is 11.8. The molecule has 88 valence electrons. The molecule has 0 spiro atoms. The fourth-order valence-corrected chi connectivity index (χ4v) is 2.05. The number of ether oxygens (including phenoxy) is 1. The maximum absolute atomic E-state index is 11.8. The Morgan fingerprint density at radius 1 is 1.35 bits per heavy atom. The summed E-state index contributed by atoms with van der Waals surface area (Å²) in [4.78, 5) is 22.5. The van der Waals surface area contributed by atoms with Crippen LogP contribution in [0.4, 0.5) is 0 Å². The molecule has 17 heavy (non-hydrogen) atoms. The fraction of sp³-hybridized carbons (Fsp3) is 0.286. The van der Waals surface area contributed by atoms with Gasteiger partial charge in [-0.1, -0.05) is 36.4 Å². The van der Waals surface area contributed by atoms with Crippen molar-refractivity contribution in [1.82, 2.24) is 0 Å². The van der Waals surface area contributed by atoms with Crippen molar-refractivity contribution in [3.8, 4) is 0 Å². The standard InChI is InChI=1S/C14H14O3/c15-9-8-12(11-5-2-1-3-6-11)14-13(16)7-4-10-17-14/h1-7,9,12,14H,8,10H2/t12-,14-/m0/s1. The molecule has 0 unspecified atom stereocenters. The highest BCUT2D eigenvalue weighted by molar-refractivity contribution is 5.95. The summed E-state index contributed by atoms with van der Waals surface area (Å²) in [5.41, 5.74) is 0.966. The van der Waals surface area contributed by atoms with Crippen LogP contribution in [0.5, 0.6) is 0 Å². The number of hydrogen-bond donors (Lipinski definition) is 0. The highest BCUT2D eigenvalue weighted by Gasteiger charge is 2.30. The Balaban J connectivity index is 2.26. The summed E-state index contributed by atoms with van der Waals surface area (Å²) in [7, 11) is 0. The van der Waals surface area contributed by atoms with Gasteiger partial charge in [0, 0.05) is 12.3 Å². The predicted molar refractivity (Wildman–Crippen MR) is 63.8 cm³/mol. The third-order valence-corrected chi connectivity index (χ3v) is 2.88.